The standard InChI is InChI=1S/C23H27N3O5S2/c1-30-20-10-9-19(13-21(20)31-2)33(28,29)26(18-6-4-3-5-7-18)15-23(27)25-17-8-11-22-16(12-17)14-24-32-22/h8-14,18H,3-7,15H2,1-2H3,(H,25,27). The number of nitrogens with one attached hydrogen (secondary N) is 1. The van der Waals surface area contributed by atoms with E-state index in [1.165, 1.54) is 42.2 Å². The van der Waals surface area contributed by atoms with Crippen molar-refractivity contribution in [2.75, 3.05) is 26.1 Å². The van der Waals surface area contributed by atoms with Crippen LogP contribution in [0.15, 0.2) is 47.5 Å². The Balaban J connectivity index is 1.60. The van der Waals surface area contributed by atoms with Crippen LogP contribution in [0.25, 0.3) is 10.1 Å². The minimum absolute atomic E-state index is 0.0734. The molecule has 8 nitrogen and oxygen atoms in total. The average Bonchev–Trinajstić information content (AvgIpc) is 3.30. The van der Waals surface area contributed by atoms with Crippen molar-refractivity contribution in [1.82, 2.24) is 8.68 Å². The molecule has 0 unspecified atom stereocenters. The first-order valence-corrected chi connectivity index (χ1v) is 13.0. The molecule has 1 N–H and O–H groups in total. The molecule has 0 atom stereocenters. The van der Waals surface area contributed by atoms with Crippen molar-refractivity contribution in [3.63, 3.8) is 0 Å². The normalized spacial score (nSPS) is 15.0. The summed E-state index contributed by atoms with van der Waals surface area (Å²) in [5.41, 5.74) is 0.611. The summed E-state index contributed by atoms with van der Waals surface area (Å²) >= 11 is 1.38. The number of hydrogen-bond acceptors (Lipinski definition) is 7. The number of ether oxygens (including phenoxy) is 2. The van der Waals surface area contributed by atoms with Crippen molar-refractivity contribution in [1.29, 1.82) is 0 Å². The summed E-state index contributed by atoms with van der Waals surface area (Å²) in [5, 5.41) is 3.78. The lowest BCUT2D eigenvalue weighted by molar-refractivity contribution is -0.116. The number of amides is 1. The number of rotatable bonds is 8. The van der Waals surface area contributed by atoms with Crippen LogP contribution in [0.5, 0.6) is 11.5 Å². The van der Waals surface area contributed by atoms with E-state index in [1.807, 2.05) is 12.1 Å². The zero-order valence-electron chi connectivity index (χ0n) is 18.6. The van der Waals surface area contributed by atoms with E-state index in [0.29, 0.717) is 17.2 Å². The fourth-order valence-electron chi connectivity index (χ4n) is 4.18. The highest BCUT2D eigenvalue weighted by Gasteiger charge is 2.34. The van der Waals surface area contributed by atoms with Crippen LogP contribution in [0.4, 0.5) is 5.69 Å². The number of aromatic nitrogens is 1. The van der Waals surface area contributed by atoms with E-state index < -0.39 is 10.0 Å². The summed E-state index contributed by atoms with van der Waals surface area (Å²) in [6, 6.07) is 9.79. The lowest BCUT2D eigenvalue weighted by Gasteiger charge is -2.33. The summed E-state index contributed by atoms with van der Waals surface area (Å²) in [6.07, 6.45) is 6.14. The van der Waals surface area contributed by atoms with E-state index in [1.54, 1.807) is 18.3 Å². The summed E-state index contributed by atoms with van der Waals surface area (Å²) in [6.45, 7) is -0.263. The number of nitrogens with zero attached hydrogens (tertiary/aromatic N) is 2. The Hall–Kier alpha value is -2.69. The number of methoxy groups -OCH3 is 2. The summed E-state index contributed by atoms with van der Waals surface area (Å²) in [4.78, 5) is 13.0. The molecule has 10 heteroatoms. The van der Waals surface area contributed by atoms with E-state index in [4.69, 9.17) is 9.47 Å². The van der Waals surface area contributed by atoms with Crippen molar-refractivity contribution < 1.29 is 22.7 Å². The van der Waals surface area contributed by atoms with Crippen LogP contribution in [0.2, 0.25) is 0 Å². The molecule has 0 aliphatic heterocycles. The molecule has 4 rings (SSSR count). The van der Waals surface area contributed by atoms with Crippen molar-refractivity contribution in [2.45, 2.75) is 43.0 Å². The van der Waals surface area contributed by atoms with Crippen LogP contribution in [-0.2, 0) is 14.8 Å². The Bertz CT molecular complexity index is 1240. The molecule has 1 aromatic heterocycles. The third-order valence-corrected chi connectivity index (χ3v) is 8.55. The van der Waals surface area contributed by atoms with E-state index >= 15 is 0 Å². The number of hydrogen-bond donors (Lipinski definition) is 1. The summed E-state index contributed by atoms with van der Waals surface area (Å²) in [7, 11) is -0.990. The van der Waals surface area contributed by atoms with Gasteiger partial charge < -0.3 is 14.8 Å². The van der Waals surface area contributed by atoms with Gasteiger partial charge >= 0.3 is 0 Å². The second kappa shape index (κ2) is 10.1. The van der Waals surface area contributed by atoms with Gasteiger partial charge in [-0.25, -0.2) is 8.42 Å². The Kier molecular flexibility index (Phi) is 7.16. The number of anilines is 1. The van der Waals surface area contributed by atoms with E-state index in [0.717, 1.165) is 42.2 Å². The van der Waals surface area contributed by atoms with Gasteiger partial charge in [0.2, 0.25) is 15.9 Å². The van der Waals surface area contributed by atoms with Gasteiger partial charge in [0.15, 0.2) is 11.5 Å². The van der Waals surface area contributed by atoms with Gasteiger partial charge in [-0.15, -0.1) is 0 Å². The van der Waals surface area contributed by atoms with Gasteiger partial charge in [0.05, 0.1) is 30.4 Å². The number of benzene rings is 2. The molecular weight excluding hydrogens is 462 g/mol. The Morgan fingerprint density at radius 3 is 2.58 bits per heavy atom. The van der Waals surface area contributed by atoms with Gasteiger partial charge in [0.1, 0.15) is 0 Å². The lowest BCUT2D eigenvalue weighted by Crippen LogP contribution is -2.45. The van der Waals surface area contributed by atoms with E-state index in [2.05, 4.69) is 9.69 Å². The average molecular weight is 490 g/mol. The third-order valence-electron chi connectivity index (χ3n) is 5.88. The lowest BCUT2D eigenvalue weighted by atomic mass is 9.95. The molecule has 176 valence electrons. The molecule has 3 aromatic rings. The van der Waals surface area contributed by atoms with Crippen molar-refractivity contribution in [2.24, 2.45) is 0 Å². The number of carbonyl (C=O) groups excluding carboxylic acids is 1. The van der Waals surface area contributed by atoms with Gasteiger partial charge in [0.25, 0.3) is 0 Å². The molecule has 1 saturated carbocycles. The molecule has 0 spiro atoms. The number of sulfonamides is 1. The maximum atomic E-state index is 13.7. The first kappa shape index (κ1) is 23.5. The van der Waals surface area contributed by atoms with Crippen molar-refractivity contribution in [3.05, 3.63) is 42.6 Å². The van der Waals surface area contributed by atoms with E-state index in [9.17, 15) is 13.2 Å². The van der Waals surface area contributed by atoms with Crippen LogP contribution in [-0.4, -0.2) is 49.8 Å². The maximum Gasteiger partial charge on any atom is 0.243 e. The highest BCUT2D eigenvalue weighted by Crippen LogP contribution is 2.33. The van der Waals surface area contributed by atoms with Gasteiger partial charge in [-0.2, -0.15) is 8.68 Å². The van der Waals surface area contributed by atoms with Gasteiger partial charge in [0, 0.05) is 29.4 Å². The number of fused-ring (bicyclic) bond motifs is 1. The highest BCUT2D eigenvalue weighted by molar-refractivity contribution is 7.89. The molecule has 1 aliphatic carbocycles. The van der Waals surface area contributed by atoms with Crippen LogP contribution < -0.4 is 14.8 Å². The first-order chi connectivity index (χ1) is 15.9. The molecule has 1 heterocycles. The van der Waals surface area contributed by atoms with Gasteiger partial charge in [-0.1, -0.05) is 19.3 Å². The minimum atomic E-state index is -3.94. The quantitative estimate of drug-likeness (QED) is 0.507. The van der Waals surface area contributed by atoms with Crippen LogP contribution in [0.3, 0.4) is 0 Å². The third kappa shape index (κ3) is 5.13. The molecule has 1 aliphatic rings. The second-order valence-corrected chi connectivity index (χ2v) is 10.7. The Labute approximate surface area is 197 Å². The fraction of sp³-hybridized carbons (Fsp3) is 0.391. The molecule has 0 saturated heterocycles. The summed E-state index contributed by atoms with van der Waals surface area (Å²) < 4.78 is 44.4. The van der Waals surface area contributed by atoms with Crippen molar-refractivity contribution >= 4 is 43.2 Å². The predicted octanol–water partition coefficient (Wildman–Crippen LogP) is 4.28. The minimum Gasteiger partial charge on any atom is -0.493 e. The van der Waals surface area contributed by atoms with Crippen LogP contribution in [0.1, 0.15) is 32.1 Å². The maximum absolute atomic E-state index is 13.7. The van der Waals surface area contributed by atoms with Crippen LogP contribution in [0, 0.1) is 0 Å². The molecular formula is C23H27N3O5S2. The predicted molar refractivity (Wildman–Crippen MR) is 129 cm³/mol. The Morgan fingerprint density at radius 2 is 1.85 bits per heavy atom. The largest absolute Gasteiger partial charge is 0.493 e. The van der Waals surface area contributed by atoms with Crippen molar-refractivity contribution in [3.8, 4) is 11.5 Å². The zero-order valence-corrected chi connectivity index (χ0v) is 20.2. The molecule has 1 fully saturated rings. The van der Waals surface area contributed by atoms with Gasteiger partial charge in [-0.3, -0.25) is 4.79 Å². The molecule has 2 aromatic carbocycles. The van der Waals surface area contributed by atoms with E-state index in [-0.39, 0.29) is 23.4 Å². The molecule has 33 heavy (non-hydrogen) atoms. The summed E-state index contributed by atoms with van der Waals surface area (Å²) in [5.74, 6) is 0.383. The topological polar surface area (TPSA) is 97.8 Å². The highest BCUT2D eigenvalue weighted by atomic mass is 32.2. The zero-order chi connectivity index (χ0) is 23.4. The Morgan fingerprint density at radius 1 is 1.09 bits per heavy atom. The van der Waals surface area contributed by atoms with Crippen LogP contribution >= 0.6 is 11.5 Å². The smallest absolute Gasteiger partial charge is 0.243 e. The monoisotopic (exact) mass is 489 g/mol. The molecule has 1 amide bonds. The molecule has 0 radical (unpaired) electrons. The number of carbonyl (C=O) groups is 1. The molecule has 0 bridgehead atoms. The van der Waals surface area contributed by atoms with Gasteiger partial charge in [-0.05, 0) is 54.7 Å². The first-order valence-electron chi connectivity index (χ1n) is 10.8. The fourth-order valence-corrected chi connectivity index (χ4v) is 6.47. The SMILES string of the molecule is COc1ccc(S(=O)(=O)N(CC(=O)Nc2ccc3sncc3c2)C2CCCCC2)cc1OC. The second-order valence-electron chi connectivity index (χ2n) is 7.99.